The summed E-state index contributed by atoms with van der Waals surface area (Å²) in [6.07, 6.45) is 4.39. The lowest BCUT2D eigenvalue weighted by Gasteiger charge is -2.31. The van der Waals surface area contributed by atoms with E-state index in [1.54, 1.807) is 0 Å². The summed E-state index contributed by atoms with van der Waals surface area (Å²) in [5, 5.41) is 8.82. The van der Waals surface area contributed by atoms with Gasteiger partial charge >= 0.3 is 0 Å². The highest BCUT2D eigenvalue weighted by molar-refractivity contribution is 8.00. The number of nitrogens with one attached hydrogen (secondary N) is 3. The maximum absolute atomic E-state index is 6.38. The first-order chi connectivity index (χ1) is 18.8. The van der Waals surface area contributed by atoms with Gasteiger partial charge in [-0.25, -0.2) is 4.98 Å². The van der Waals surface area contributed by atoms with E-state index in [4.69, 9.17) is 9.72 Å². The number of aromatic amines is 1. The van der Waals surface area contributed by atoms with Gasteiger partial charge in [0.15, 0.2) is 0 Å². The van der Waals surface area contributed by atoms with Crippen LogP contribution < -0.4 is 15.4 Å². The second kappa shape index (κ2) is 11.9. The van der Waals surface area contributed by atoms with Crippen LogP contribution in [0, 0.1) is 6.92 Å². The van der Waals surface area contributed by atoms with E-state index in [1.165, 1.54) is 28.9 Å². The molecule has 5 rings (SSSR count). The summed E-state index contributed by atoms with van der Waals surface area (Å²) >= 11 is 1.85. The number of fused-ring (bicyclic) bond motifs is 1. The lowest BCUT2D eigenvalue weighted by molar-refractivity contribution is 0.241. The third kappa shape index (κ3) is 6.53. The minimum absolute atomic E-state index is 0.0792. The van der Waals surface area contributed by atoms with E-state index in [9.17, 15) is 0 Å². The molecule has 0 aliphatic carbocycles. The first-order valence-electron chi connectivity index (χ1n) is 14.0. The predicted octanol–water partition coefficient (Wildman–Crippen LogP) is 8.46. The number of para-hydroxylation sites is 1. The third-order valence-corrected chi connectivity index (χ3v) is 8.28. The molecule has 0 spiro atoms. The summed E-state index contributed by atoms with van der Waals surface area (Å²) in [4.78, 5) is 11.8. The molecule has 1 saturated heterocycles. The van der Waals surface area contributed by atoms with Crippen LogP contribution in [-0.2, 0) is 0 Å². The summed E-state index contributed by atoms with van der Waals surface area (Å²) in [5.41, 5.74) is 6.57. The molecule has 0 bridgehead atoms. The van der Waals surface area contributed by atoms with E-state index in [0.29, 0.717) is 11.2 Å². The fraction of sp³-hybridized carbons (Fsp3) is 0.406. The molecule has 0 unspecified atom stereocenters. The molecule has 0 radical (unpaired) electrons. The van der Waals surface area contributed by atoms with Gasteiger partial charge in [-0.1, -0.05) is 26.0 Å². The van der Waals surface area contributed by atoms with Gasteiger partial charge in [0, 0.05) is 27.8 Å². The van der Waals surface area contributed by atoms with Crippen LogP contribution in [0.1, 0.15) is 57.6 Å². The molecule has 39 heavy (non-hydrogen) atoms. The predicted molar refractivity (Wildman–Crippen MR) is 167 cm³/mol. The van der Waals surface area contributed by atoms with Gasteiger partial charge in [0.05, 0.1) is 23.2 Å². The number of hydrogen-bond acceptors (Lipinski definition) is 6. The first-order valence-corrected chi connectivity index (χ1v) is 14.9. The van der Waals surface area contributed by atoms with Crippen molar-refractivity contribution >= 4 is 45.7 Å². The van der Waals surface area contributed by atoms with Crippen molar-refractivity contribution in [1.29, 1.82) is 0 Å². The Bertz CT molecular complexity index is 1420. The number of aromatic nitrogens is 2. The molecule has 0 amide bonds. The smallest absolute Gasteiger partial charge is 0.143 e. The Balaban J connectivity index is 1.49. The molecule has 1 fully saturated rings. The number of pyridine rings is 1. The molecule has 7 heteroatoms. The molecule has 206 valence electrons. The molecule has 6 nitrogen and oxygen atoms in total. The third-order valence-electron chi connectivity index (χ3n) is 7.20. The van der Waals surface area contributed by atoms with Crippen molar-refractivity contribution in [3.63, 3.8) is 0 Å². The average Bonchev–Trinajstić information content (AvgIpc) is 3.36. The Labute approximate surface area is 236 Å². The summed E-state index contributed by atoms with van der Waals surface area (Å²) in [6.45, 7) is 13.1. The molecular weight excluding hydrogens is 502 g/mol. The summed E-state index contributed by atoms with van der Waals surface area (Å²) in [6, 6.07) is 17.1. The monoisotopic (exact) mass is 543 g/mol. The van der Waals surface area contributed by atoms with Crippen molar-refractivity contribution in [2.75, 3.05) is 30.8 Å². The number of ether oxygens (including phenoxy) is 1. The molecule has 0 saturated carbocycles. The maximum atomic E-state index is 6.38. The van der Waals surface area contributed by atoms with E-state index >= 15 is 0 Å². The molecule has 3 N–H and O–H groups in total. The zero-order valence-corrected chi connectivity index (χ0v) is 24.8. The summed E-state index contributed by atoms with van der Waals surface area (Å²) in [7, 11) is 2.21. The largest absolute Gasteiger partial charge is 0.489 e. The van der Waals surface area contributed by atoms with Crippen LogP contribution in [0.5, 0.6) is 5.75 Å². The average molecular weight is 544 g/mol. The lowest BCUT2D eigenvalue weighted by atomic mass is 9.86. The van der Waals surface area contributed by atoms with Crippen molar-refractivity contribution in [3.8, 4) is 5.75 Å². The molecule has 1 aliphatic rings. The quantitative estimate of drug-likeness (QED) is 0.184. The number of rotatable bonds is 9. The Morgan fingerprint density at radius 2 is 1.74 bits per heavy atom. The van der Waals surface area contributed by atoms with Crippen LogP contribution in [0.3, 0.4) is 0 Å². The van der Waals surface area contributed by atoms with Gasteiger partial charge in [-0.05, 0) is 101 Å². The summed E-state index contributed by atoms with van der Waals surface area (Å²) in [5.74, 6) is 2.26. The van der Waals surface area contributed by atoms with Crippen molar-refractivity contribution in [3.05, 3.63) is 65.9 Å². The Morgan fingerprint density at radius 1 is 0.974 bits per heavy atom. The van der Waals surface area contributed by atoms with Gasteiger partial charge in [0.25, 0.3) is 0 Å². The number of likely N-dealkylation sites (tertiary alicyclic amines) is 1. The van der Waals surface area contributed by atoms with E-state index < -0.39 is 0 Å². The van der Waals surface area contributed by atoms with Crippen molar-refractivity contribution < 1.29 is 4.74 Å². The second-order valence-corrected chi connectivity index (χ2v) is 12.8. The fourth-order valence-corrected chi connectivity index (χ4v) is 6.24. The Kier molecular flexibility index (Phi) is 8.38. The SMILES string of the molecule is Cc1cc(Nc2cc(Nc3ccccc3SC(C)C)nc3[nH]ccc23)c(OC(C)C)cc1C1CCN(C)CC1. The van der Waals surface area contributed by atoms with Crippen molar-refractivity contribution in [2.45, 2.75) is 69.6 Å². The molecule has 1 aliphatic heterocycles. The summed E-state index contributed by atoms with van der Waals surface area (Å²) < 4.78 is 6.38. The zero-order chi connectivity index (χ0) is 27.5. The van der Waals surface area contributed by atoms with Crippen molar-refractivity contribution in [1.82, 2.24) is 14.9 Å². The van der Waals surface area contributed by atoms with Crippen LogP contribution in [-0.4, -0.2) is 46.4 Å². The molecular formula is C32H41N5OS. The zero-order valence-electron chi connectivity index (χ0n) is 24.0. The van der Waals surface area contributed by atoms with Crippen LogP contribution in [0.4, 0.5) is 22.9 Å². The van der Waals surface area contributed by atoms with E-state index in [-0.39, 0.29) is 6.10 Å². The number of thioether (sulfide) groups is 1. The van der Waals surface area contributed by atoms with Gasteiger partial charge in [-0.15, -0.1) is 11.8 Å². The Morgan fingerprint density at radius 3 is 2.49 bits per heavy atom. The second-order valence-electron chi connectivity index (χ2n) is 11.2. The van der Waals surface area contributed by atoms with Gasteiger partial charge in [-0.2, -0.15) is 0 Å². The van der Waals surface area contributed by atoms with Crippen molar-refractivity contribution in [2.24, 2.45) is 0 Å². The molecule has 4 aromatic rings. The van der Waals surface area contributed by atoms with Gasteiger partial charge < -0.3 is 25.3 Å². The topological polar surface area (TPSA) is 65.2 Å². The number of benzene rings is 2. The molecule has 3 heterocycles. The number of anilines is 4. The van der Waals surface area contributed by atoms with Crippen LogP contribution >= 0.6 is 11.8 Å². The minimum atomic E-state index is 0.0792. The van der Waals surface area contributed by atoms with Crippen LogP contribution in [0.2, 0.25) is 0 Å². The van der Waals surface area contributed by atoms with Crippen LogP contribution in [0.25, 0.3) is 11.0 Å². The molecule has 2 aromatic carbocycles. The molecule has 2 aromatic heterocycles. The van der Waals surface area contributed by atoms with E-state index in [2.05, 4.69) is 111 Å². The highest BCUT2D eigenvalue weighted by Crippen LogP contribution is 2.40. The standard InChI is InChI=1S/C32H41N5OS/c1-20(2)38-29-18-25(23-12-15-37(6)16-13-23)22(5)17-28(29)34-27-19-31(36-32-24(27)11-14-33-32)35-26-9-7-8-10-30(26)39-21(3)4/h7-11,14,17-21,23H,12-13,15-16H2,1-6H3,(H3,33,34,35,36). The minimum Gasteiger partial charge on any atom is -0.489 e. The van der Waals surface area contributed by atoms with Crippen LogP contribution in [0.15, 0.2) is 59.6 Å². The highest BCUT2D eigenvalue weighted by Gasteiger charge is 2.22. The number of hydrogen-bond donors (Lipinski definition) is 3. The number of piperidine rings is 1. The number of H-pyrrole nitrogens is 1. The maximum Gasteiger partial charge on any atom is 0.143 e. The highest BCUT2D eigenvalue weighted by atomic mass is 32.2. The number of aryl methyl sites for hydroxylation is 1. The van der Waals surface area contributed by atoms with E-state index in [0.717, 1.165) is 52.8 Å². The first kappa shape index (κ1) is 27.4. The van der Waals surface area contributed by atoms with Gasteiger partial charge in [0.2, 0.25) is 0 Å². The number of nitrogens with zero attached hydrogens (tertiary/aromatic N) is 2. The Hall–Kier alpha value is -3.16. The van der Waals surface area contributed by atoms with E-state index in [1.807, 2.05) is 18.0 Å². The molecule has 0 atom stereocenters. The normalized spacial score (nSPS) is 14.9. The van der Waals surface area contributed by atoms with Gasteiger partial charge in [0.1, 0.15) is 17.2 Å². The van der Waals surface area contributed by atoms with Gasteiger partial charge in [-0.3, -0.25) is 0 Å². The fourth-order valence-electron chi connectivity index (χ4n) is 5.33. The lowest BCUT2D eigenvalue weighted by Crippen LogP contribution is -2.29.